The van der Waals surface area contributed by atoms with E-state index in [0.29, 0.717) is 6.61 Å². The van der Waals surface area contributed by atoms with E-state index in [0.717, 1.165) is 6.42 Å². The first kappa shape index (κ1) is 11.3. The maximum atomic E-state index is 8.29. The minimum Gasteiger partial charge on any atom is -0.396 e. The van der Waals surface area contributed by atoms with Crippen LogP contribution in [0.2, 0.25) is 0 Å². The van der Waals surface area contributed by atoms with Gasteiger partial charge in [-0.05, 0) is 6.42 Å². The Labute approximate surface area is 62.5 Å². The van der Waals surface area contributed by atoms with Gasteiger partial charge >= 0.3 is 0 Å². The molecule has 2 heteroatoms. The molecule has 1 nitrogen and oxygen atoms in total. The summed E-state index contributed by atoms with van der Waals surface area (Å²) in [6.45, 7) is 2.53. The van der Waals surface area contributed by atoms with Crippen LogP contribution in [0.3, 0.4) is 0 Å². The molecule has 0 spiro atoms. The summed E-state index contributed by atoms with van der Waals surface area (Å²) in [5.74, 6) is 0. The van der Waals surface area contributed by atoms with Gasteiger partial charge in [-0.3, -0.25) is 0 Å². The second-order valence-electron chi connectivity index (χ2n) is 1.78. The Kier molecular flexibility index (Phi) is 14.8. The fourth-order valence-corrected chi connectivity index (χ4v) is 0.539. The smallest absolute Gasteiger partial charge is 0.0431 e. The third-order valence-corrected chi connectivity index (χ3v) is 1.01. The van der Waals surface area contributed by atoms with Crippen molar-refractivity contribution >= 4 is 17.6 Å². The summed E-state index contributed by atoms with van der Waals surface area (Å²) in [7, 11) is 0. The molecule has 0 bridgehead atoms. The average Bonchev–Trinajstić information content (AvgIpc) is 1.69. The van der Waals surface area contributed by atoms with Crippen LogP contribution in [-0.4, -0.2) is 29.3 Å². The second-order valence-corrected chi connectivity index (χ2v) is 1.78. The van der Waals surface area contributed by atoms with Crippen LogP contribution in [0.5, 0.6) is 0 Å². The SMILES string of the molecule is CCCCCCO.[Ge]. The molecule has 4 radical (unpaired) electrons. The van der Waals surface area contributed by atoms with Crippen LogP contribution < -0.4 is 0 Å². The van der Waals surface area contributed by atoms with Crippen molar-refractivity contribution in [2.24, 2.45) is 0 Å². The van der Waals surface area contributed by atoms with Gasteiger partial charge in [0.15, 0.2) is 0 Å². The van der Waals surface area contributed by atoms with E-state index in [1.54, 1.807) is 0 Å². The van der Waals surface area contributed by atoms with Gasteiger partial charge in [-0.1, -0.05) is 26.2 Å². The summed E-state index contributed by atoms with van der Waals surface area (Å²) in [6, 6.07) is 0. The third-order valence-electron chi connectivity index (χ3n) is 1.01. The van der Waals surface area contributed by atoms with E-state index in [-0.39, 0.29) is 17.6 Å². The summed E-state index contributed by atoms with van der Waals surface area (Å²) in [6.07, 6.45) is 4.68. The van der Waals surface area contributed by atoms with Crippen LogP contribution in [-0.2, 0) is 0 Å². The quantitative estimate of drug-likeness (QED) is 0.502. The Hall–Kier alpha value is 0.503. The Morgan fingerprint density at radius 3 is 2.12 bits per heavy atom. The van der Waals surface area contributed by atoms with Crippen molar-refractivity contribution < 1.29 is 5.11 Å². The summed E-state index contributed by atoms with van der Waals surface area (Å²) < 4.78 is 0. The predicted molar refractivity (Wildman–Crippen MR) is 37.0 cm³/mol. The predicted octanol–water partition coefficient (Wildman–Crippen LogP) is 1.18. The number of hydrogen-bond donors (Lipinski definition) is 1. The molecule has 0 rings (SSSR count). The molecule has 0 aliphatic carbocycles. The first-order chi connectivity index (χ1) is 3.41. The van der Waals surface area contributed by atoms with Gasteiger partial charge in [-0.15, -0.1) is 0 Å². The Bertz CT molecular complexity index is 27.7. The first-order valence-corrected chi connectivity index (χ1v) is 3.02. The zero-order chi connectivity index (χ0) is 5.54. The average molecular weight is 175 g/mol. The van der Waals surface area contributed by atoms with Crippen LogP contribution in [0, 0.1) is 0 Å². The number of rotatable bonds is 4. The molecule has 0 atom stereocenters. The molecule has 0 amide bonds. The van der Waals surface area contributed by atoms with Crippen LogP contribution in [0.1, 0.15) is 32.6 Å². The third kappa shape index (κ3) is 9.71. The molecule has 0 fully saturated rings. The molecule has 0 saturated heterocycles. The molecule has 0 aromatic rings. The van der Waals surface area contributed by atoms with Crippen molar-refractivity contribution in [2.75, 3.05) is 6.61 Å². The van der Waals surface area contributed by atoms with Crippen molar-refractivity contribution in [3.05, 3.63) is 0 Å². The Morgan fingerprint density at radius 2 is 1.75 bits per heavy atom. The summed E-state index contributed by atoms with van der Waals surface area (Å²) in [5.41, 5.74) is 0. The minimum absolute atomic E-state index is 0. The van der Waals surface area contributed by atoms with Crippen LogP contribution >= 0.6 is 0 Å². The number of aliphatic hydroxyl groups excluding tert-OH is 1. The van der Waals surface area contributed by atoms with Gasteiger partial charge in [0.1, 0.15) is 0 Å². The molecule has 0 aliphatic heterocycles. The van der Waals surface area contributed by atoms with Crippen molar-refractivity contribution in [3.8, 4) is 0 Å². The molecule has 0 heterocycles. The van der Waals surface area contributed by atoms with E-state index >= 15 is 0 Å². The minimum atomic E-state index is 0. The molecule has 48 valence electrons. The van der Waals surface area contributed by atoms with E-state index in [9.17, 15) is 0 Å². The fourth-order valence-electron chi connectivity index (χ4n) is 0.539. The maximum absolute atomic E-state index is 8.29. The van der Waals surface area contributed by atoms with Crippen LogP contribution in [0.25, 0.3) is 0 Å². The number of hydrogen-bond acceptors (Lipinski definition) is 1. The van der Waals surface area contributed by atoms with Crippen LogP contribution in [0.15, 0.2) is 0 Å². The van der Waals surface area contributed by atoms with Gasteiger partial charge in [0.2, 0.25) is 0 Å². The molecular formula is C6H14GeO. The van der Waals surface area contributed by atoms with E-state index in [4.69, 9.17) is 5.11 Å². The molecule has 0 saturated carbocycles. The van der Waals surface area contributed by atoms with E-state index < -0.39 is 0 Å². The molecule has 0 aromatic carbocycles. The van der Waals surface area contributed by atoms with E-state index in [1.165, 1.54) is 19.3 Å². The van der Waals surface area contributed by atoms with Gasteiger partial charge < -0.3 is 5.11 Å². The Balaban J connectivity index is 0. The normalized spacial score (nSPS) is 8.25. The largest absolute Gasteiger partial charge is 0.396 e. The second kappa shape index (κ2) is 10.5. The molecule has 0 aliphatic rings. The Morgan fingerprint density at radius 1 is 1.12 bits per heavy atom. The van der Waals surface area contributed by atoms with Gasteiger partial charge in [-0.2, -0.15) is 0 Å². The molecule has 1 N–H and O–H groups in total. The first-order valence-electron chi connectivity index (χ1n) is 3.02. The van der Waals surface area contributed by atoms with Crippen molar-refractivity contribution in [1.82, 2.24) is 0 Å². The van der Waals surface area contributed by atoms with Gasteiger partial charge in [0, 0.05) is 24.2 Å². The molecule has 0 aromatic heterocycles. The number of unbranched alkanes of at least 4 members (excludes halogenated alkanes) is 3. The van der Waals surface area contributed by atoms with Crippen molar-refractivity contribution in [2.45, 2.75) is 32.6 Å². The van der Waals surface area contributed by atoms with Gasteiger partial charge in [-0.25, -0.2) is 0 Å². The summed E-state index contributed by atoms with van der Waals surface area (Å²) in [5, 5.41) is 8.29. The van der Waals surface area contributed by atoms with Crippen molar-refractivity contribution in [1.29, 1.82) is 0 Å². The molecule has 8 heavy (non-hydrogen) atoms. The maximum Gasteiger partial charge on any atom is 0.0431 e. The molecule has 0 unspecified atom stereocenters. The number of aliphatic hydroxyl groups is 1. The summed E-state index contributed by atoms with van der Waals surface area (Å²) in [4.78, 5) is 0. The van der Waals surface area contributed by atoms with Crippen molar-refractivity contribution in [3.63, 3.8) is 0 Å². The topological polar surface area (TPSA) is 20.2 Å². The van der Waals surface area contributed by atoms with Gasteiger partial charge in [0.05, 0.1) is 0 Å². The monoisotopic (exact) mass is 176 g/mol. The zero-order valence-corrected chi connectivity index (χ0v) is 7.58. The van der Waals surface area contributed by atoms with Crippen LogP contribution in [0.4, 0.5) is 0 Å². The molecular weight excluding hydrogens is 161 g/mol. The summed E-state index contributed by atoms with van der Waals surface area (Å²) >= 11 is 0. The zero-order valence-electron chi connectivity index (χ0n) is 5.48. The fraction of sp³-hybridized carbons (Fsp3) is 1.00. The van der Waals surface area contributed by atoms with E-state index in [2.05, 4.69) is 6.92 Å². The van der Waals surface area contributed by atoms with E-state index in [1.807, 2.05) is 0 Å². The van der Waals surface area contributed by atoms with Gasteiger partial charge in [0.25, 0.3) is 0 Å². The standard InChI is InChI=1S/C6H14O.Ge/c1-2-3-4-5-6-7;/h7H,2-6H2,1H3;.